The van der Waals surface area contributed by atoms with Gasteiger partial charge < -0.3 is 18.9 Å². The van der Waals surface area contributed by atoms with Crippen molar-refractivity contribution in [2.75, 3.05) is 0 Å². The van der Waals surface area contributed by atoms with Crippen molar-refractivity contribution >= 4 is 11.9 Å². The van der Waals surface area contributed by atoms with Crippen LogP contribution in [0.1, 0.15) is 118 Å². The molecule has 0 heterocycles. The second kappa shape index (κ2) is 20.9. The molecule has 5 rings (SSSR count). The lowest BCUT2D eigenvalue weighted by Gasteiger charge is -2.15. The number of carbonyl (C=O) groups excluding carboxylic acids is 2. The molecule has 55 heavy (non-hydrogen) atoms. The summed E-state index contributed by atoms with van der Waals surface area (Å²) in [7, 11) is 0. The molecule has 0 fully saturated rings. The summed E-state index contributed by atoms with van der Waals surface area (Å²) in [5.74, 6) is 1.54. The Morgan fingerprint density at radius 3 is 1.25 bits per heavy atom. The number of ether oxygens (including phenoxy) is 4. The summed E-state index contributed by atoms with van der Waals surface area (Å²) >= 11 is 0. The van der Waals surface area contributed by atoms with E-state index in [0.717, 1.165) is 46.6 Å². The molecular formula is C49H56O6. The van der Waals surface area contributed by atoms with Crippen LogP contribution in [0, 0.1) is 6.92 Å². The van der Waals surface area contributed by atoms with Gasteiger partial charge in [-0.1, -0.05) is 101 Å². The third-order valence-electron chi connectivity index (χ3n) is 9.78. The number of hydrogen-bond donors (Lipinski definition) is 0. The van der Waals surface area contributed by atoms with Gasteiger partial charge in [0.15, 0.2) is 0 Å². The summed E-state index contributed by atoms with van der Waals surface area (Å²) in [6.45, 7) is 10.5. The predicted molar refractivity (Wildman–Crippen MR) is 223 cm³/mol. The van der Waals surface area contributed by atoms with E-state index in [1.807, 2.05) is 79.7 Å². The molecule has 0 spiro atoms. The monoisotopic (exact) mass is 740 g/mol. The van der Waals surface area contributed by atoms with Gasteiger partial charge >= 0.3 is 11.9 Å². The van der Waals surface area contributed by atoms with E-state index in [9.17, 15) is 9.59 Å². The van der Waals surface area contributed by atoms with Crippen LogP contribution in [0.4, 0.5) is 0 Å². The molecule has 0 aliphatic heterocycles. The maximum absolute atomic E-state index is 13.0. The van der Waals surface area contributed by atoms with E-state index in [1.165, 1.54) is 51.4 Å². The summed E-state index contributed by atoms with van der Waals surface area (Å²) in [6, 6.07) is 35.7. The van der Waals surface area contributed by atoms with Gasteiger partial charge in [0.25, 0.3) is 0 Å². The molecule has 0 unspecified atom stereocenters. The molecule has 0 bridgehead atoms. The highest BCUT2D eigenvalue weighted by Crippen LogP contribution is 2.28. The highest BCUT2D eigenvalue weighted by Gasteiger charge is 2.15. The van der Waals surface area contributed by atoms with Crippen molar-refractivity contribution in [1.82, 2.24) is 0 Å². The van der Waals surface area contributed by atoms with Gasteiger partial charge in [-0.15, -0.1) is 0 Å². The number of esters is 2. The fourth-order valence-electron chi connectivity index (χ4n) is 6.47. The van der Waals surface area contributed by atoms with E-state index in [0.29, 0.717) is 28.2 Å². The number of benzene rings is 5. The van der Waals surface area contributed by atoms with Crippen LogP contribution in [0.2, 0.25) is 0 Å². The van der Waals surface area contributed by atoms with Crippen molar-refractivity contribution in [3.05, 3.63) is 132 Å². The lowest BCUT2D eigenvalue weighted by atomic mass is 10.0. The van der Waals surface area contributed by atoms with Gasteiger partial charge in [-0.25, -0.2) is 9.59 Å². The average molecular weight is 741 g/mol. The fourth-order valence-corrected chi connectivity index (χ4v) is 6.47. The molecule has 0 N–H and O–H groups in total. The first kappa shape index (κ1) is 40.8. The maximum Gasteiger partial charge on any atom is 0.343 e. The van der Waals surface area contributed by atoms with Crippen molar-refractivity contribution in [2.24, 2.45) is 0 Å². The average Bonchev–Trinajstić information content (AvgIpc) is 3.20. The second-order valence-electron chi connectivity index (χ2n) is 14.5. The summed E-state index contributed by atoms with van der Waals surface area (Å²) in [4.78, 5) is 26.0. The molecule has 0 radical (unpaired) electrons. The van der Waals surface area contributed by atoms with Gasteiger partial charge in [0.1, 0.15) is 23.0 Å². The van der Waals surface area contributed by atoms with Crippen LogP contribution in [0.25, 0.3) is 22.3 Å². The molecule has 288 valence electrons. The van der Waals surface area contributed by atoms with Crippen LogP contribution in [-0.4, -0.2) is 24.1 Å². The second-order valence-corrected chi connectivity index (χ2v) is 14.5. The van der Waals surface area contributed by atoms with Crippen LogP contribution in [0.5, 0.6) is 23.0 Å². The lowest BCUT2D eigenvalue weighted by Crippen LogP contribution is -2.11. The van der Waals surface area contributed by atoms with Crippen molar-refractivity contribution in [1.29, 1.82) is 0 Å². The largest absolute Gasteiger partial charge is 0.491 e. The number of hydrogen-bond acceptors (Lipinski definition) is 6. The molecule has 2 atom stereocenters. The molecule has 0 aromatic heterocycles. The molecule has 6 nitrogen and oxygen atoms in total. The number of carbonyl (C=O) groups is 2. The normalized spacial score (nSPS) is 12.1. The Hall–Kier alpha value is -5.36. The molecule has 5 aromatic carbocycles. The zero-order chi connectivity index (χ0) is 39.0. The number of aryl methyl sites for hydroxylation is 1. The highest BCUT2D eigenvalue weighted by molar-refractivity contribution is 5.93. The lowest BCUT2D eigenvalue weighted by molar-refractivity contribution is 0.0718. The van der Waals surface area contributed by atoms with Crippen molar-refractivity contribution < 1.29 is 28.5 Å². The Morgan fingerprint density at radius 2 is 0.855 bits per heavy atom. The van der Waals surface area contributed by atoms with Crippen molar-refractivity contribution in [3.8, 4) is 45.3 Å². The third kappa shape index (κ3) is 12.6. The molecule has 0 aliphatic rings. The zero-order valence-electron chi connectivity index (χ0n) is 33.1. The van der Waals surface area contributed by atoms with Crippen molar-refractivity contribution in [2.45, 2.75) is 111 Å². The predicted octanol–water partition coefficient (Wildman–Crippen LogP) is 13.2. The molecule has 0 saturated heterocycles. The zero-order valence-corrected chi connectivity index (χ0v) is 33.1. The summed E-state index contributed by atoms with van der Waals surface area (Å²) in [5, 5.41) is 0. The van der Waals surface area contributed by atoms with E-state index in [2.05, 4.69) is 27.7 Å². The quantitative estimate of drug-likeness (QED) is 0.0449. The smallest absolute Gasteiger partial charge is 0.343 e. The van der Waals surface area contributed by atoms with E-state index in [-0.39, 0.29) is 12.2 Å². The van der Waals surface area contributed by atoms with Gasteiger partial charge in [-0.05, 0) is 141 Å². The Bertz CT molecular complexity index is 1930. The number of unbranched alkanes of at least 4 members (excludes halogenated alkanes) is 6. The Balaban J connectivity index is 1.09. The highest BCUT2D eigenvalue weighted by atomic mass is 16.5. The first-order valence-corrected chi connectivity index (χ1v) is 20.0. The molecule has 6 heteroatoms. The Kier molecular flexibility index (Phi) is 15.5. The molecule has 0 saturated carbocycles. The van der Waals surface area contributed by atoms with Crippen molar-refractivity contribution in [3.63, 3.8) is 0 Å². The first-order chi connectivity index (χ1) is 26.7. The SMILES string of the molecule is CCCCCC[C@H](C)Oc1ccc(-c2ccc(C(=O)Oc3ccc(OC(=O)c4ccc(-c5ccc(O[C@@H](C)CCCCCC)cc5)cc4)c(C)c3)cc2)cc1. The van der Waals surface area contributed by atoms with Crippen LogP contribution < -0.4 is 18.9 Å². The molecule has 5 aromatic rings. The van der Waals surface area contributed by atoms with Gasteiger partial charge in [-0.3, -0.25) is 0 Å². The molecule has 0 aliphatic carbocycles. The summed E-state index contributed by atoms with van der Waals surface area (Å²) < 4.78 is 23.6. The van der Waals surface area contributed by atoms with Gasteiger partial charge in [0, 0.05) is 0 Å². The van der Waals surface area contributed by atoms with Gasteiger partial charge in [0.05, 0.1) is 23.3 Å². The molecule has 0 amide bonds. The van der Waals surface area contributed by atoms with E-state index < -0.39 is 11.9 Å². The first-order valence-electron chi connectivity index (χ1n) is 20.0. The van der Waals surface area contributed by atoms with Crippen LogP contribution in [0.3, 0.4) is 0 Å². The Morgan fingerprint density at radius 1 is 0.473 bits per heavy atom. The minimum atomic E-state index is -0.470. The van der Waals surface area contributed by atoms with Crippen LogP contribution in [0.15, 0.2) is 115 Å². The van der Waals surface area contributed by atoms with Gasteiger partial charge in [-0.2, -0.15) is 0 Å². The minimum absolute atomic E-state index is 0.182. The number of rotatable bonds is 20. The summed E-state index contributed by atoms with van der Waals surface area (Å²) in [6.07, 6.45) is 12.4. The standard InChI is InChI=1S/C49H56O6/c1-6-8-10-12-14-36(4)52-44-28-24-40(25-29-44)38-16-20-42(21-17-38)48(50)54-46-32-33-47(35(3)34-46)55-49(51)43-22-18-39(19-23-43)41-26-30-45(31-27-41)53-37(5)15-13-11-9-7-2/h16-34,36-37H,6-15H2,1-5H3/t36-,37-/m0/s1. The van der Waals surface area contributed by atoms with E-state index >= 15 is 0 Å². The summed E-state index contributed by atoms with van der Waals surface area (Å²) in [5.41, 5.74) is 5.59. The van der Waals surface area contributed by atoms with Crippen LogP contribution in [-0.2, 0) is 0 Å². The van der Waals surface area contributed by atoms with Crippen LogP contribution >= 0.6 is 0 Å². The van der Waals surface area contributed by atoms with E-state index in [1.54, 1.807) is 42.5 Å². The Labute approximate surface area is 327 Å². The topological polar surface area (TPSA) is 71.1 Å². The van der Waals surface area contributed by atoms with Gasteiger partial charge in [0.2, 0.25) is 0 Å². The minimum Gasteiger partial charge on any atom is -0.491 e. The maximum atomic E-state index is 13.0. The van der Waals surface area contributed by atoms with E-state index in [4.69, 9.17) is 18.9 Å². The third-order valence-corrected chi connectivity index (χ3v) is 9.78. The fraction of sp³-hybridized carbons (Fsp3) is 0.347. The molecular weight excluding hydrogens is 685 g/mol.